The third-order valence-corrected chi connectivity index (χ3v) is 6.50. The number of hydrogen-bond donors (Lipinski definition) is 0. The zero-order valence-electron chi connectivity index (χ0n) is 16.7. The number of carbonyl (C=O) groups is 1. The number of aromatic nitrogens is 2. The van der Waals surface area contributed by atoms with E-state index in [1.54, 1.807) is 36.2 Å². The molecular weight excluding hydrogens is 414 g/mol. The van der Waals surface area contributed by atoms with Gasteiger partial charge in [0.25, 0.3) is 0 Å². The van der Waals surface area contributed by atoms with Crippen LogP contribution in [-0.2, 0) is 17.8 Å². The van der Waals surface area contributed by atoms with Crippen LogP contribution >= 0.6 is 23.1 Å². The molecule has 0 N–H and O–H groups in total. The lowest BCUT2D eigenvalue weighted by molar-refractivity contribution is -0.118. The number of carbonyl (C=O) groups excluding carboxylic acids is 1. The Hall–Kier alpha value is -2.90. The second-order valence-electron chi connectivity index (χ2n) is 6.70. The van der Waals surface area contributed by atoms with Gasteiger partial charge in [-0.2, -0.15) is 0 Å². The number of ether oxygens (including phenoxy) is 1. The first-order chi connectivity index (χ1) is 14.7. The van der Waals surface area contributed by atoms with Crippen LogP contribution in [-0.4, -0.2) is 29.2 Å². The number of hydrogen-bond acceptors (Lipinski definition) is 6. The minimum absolute atomic E-state index is 0.00164. The number of anilines is 1. The molecule has 7 heteroatoms. The maximum Gasteiger partial charge on any atom is 0.233 e. The van der Waals surface area contributed by atoms with Crippen molar-refractivity contribution in [1.29, 1.82) is 0 Å². The highest BCUT2D eigenvalue weighted by Crippen LogP contribution is 2.32. The number of fused-ring (bicyclic) bond motifs is 1. The second kappa shape index (κ2) is 9.28. The number of methoxy groups -OCH3 is 1. The van der Waals surface area contributed by atoms with E-state index in [9.17, 15) is 4.79 Å². The molecule has 4 rings (SSSR count). The standard InChI is InChI=1S/C23H21N3O2S2/c1-28-18-7-10-21-20(13-18)25-23(30-21)26(15-17-4-3-11-24-14-17)22(27)12-16-5-8-19(29-2)9-6-16/h3-11,13-14H,12,15H2,1-2H3. The lowest BCUT2D eigenvalue weighted by Gasteiger charge is -2.20. The van der Waals surface area contributed by atoms with Crippen molar-refractivity contribution in [2.24, 2.45) is 0 Å². The van der Waals surface area contributed by atoms with Crippen molar-refractivity contribution >= 4 is 44.4 Å². The van der Waals surface area contributed by atoms with E-state index in [1.165, 1.54) is 16.2 Å². The van der Waals surface area contributed by atoms with Gasteiger partial charge in [0.1, 0.15) is 5.75 Å². The zero-order chi connectivity index (χ0) is 20.9. The van der Waals surface area contributed by atoms with E-state index >= 15 is 0 Å². The highest BCUT2D eigenvalue weighted by Gasteiger charge is 2.21. The van der Waals surface area contributed by atoms with Gasteiger partial charge in [-0.15, -0.1) is 11.8 Å². The lowest BCUT2D eigenvalue weighted by atomic mass is 10.1. The maximum absolute atomic E-state index is 13.3. The highest BCUT2D eigenvalue weighted by molar-refractivity contribution is 7.98. The van der Waals surface area contributed by atoms with Gasteiger partial charge in [0.05, 0.1) is 30.3 Å². The summed E-state index contributed by atoms with van der Waals surface area (Å²) in [5, 5.41) is 0.674. The fourth-order valence-electron chi connectivity index (χ4n) is 3.09. The SMILES string of the molecule is COc1ccc2sc(N(Cc3cccnc3)C(=O)Cc3ccc(SC)cc3)nc2c1. The summed E-state index contributed by atoms with van der Waals surface area (Å²) in [6.45, 7) is 0.423. The van der Waals surface area contributed by atoms with Crippen LogP contribution in [0.2, 0.25) is 0 Å². The largest absolute Gasteiger partial charge is 0.497 e. The number of nitrogens with zero attached hydrogens (tertiary/aromatic N) is 3. The summed E-state index contributed by atoms with van der Waals surface area (Å²) in [5.74, 6) is 0.750. The molecule has 152 valence electrons. The molecule has 1 amide bonds. The molecule has 5 nitrogen and oxygen atoms in total. The minimum Gasteiger partial charge on any atom is -0.497 e. The summed E-state index contributed by atoms with van der Waals surface area (Å²) >= 11 is 3.19. The molecule has 0 radical (unpaired) electrons. The molecule has 0 aliphatic carbocycles. The molecule has 2 aromatic heterocycles. The normalized spacial score (nSPS) is 10.9. The minimum atomic E-state index is 0.00164. The summed E-state index contributed by atoms with van der Waals surface area (Å²) in [6.07, 6.45) is 5.86. The highest BCUT2D eigenvalue weighted by atomic mass is 32.2. The van der Waals surface area contributed by atoms with Gasteiger partial charge in [0.15, 0.2) is 5.13 Å². The van der Waals surface area contributed by atoms with E-state index in [2.05, 4.69) is 4.98 Å². The summed E-state index contributed by atoms with van der Waals surface area (Å²) in [4.78, 5) is 25.2. The number of thioether (sulfide) groups is 1. The molecular formula is C23H21N3O2S2. The van der Waals surface area contributed by atoms with E-state index < -0.39 is 0 Å². The fraction of sp³-hybridized carbons (Fsp3) is 0.174. The van der Waals surface area contributed by atoms with Crippen molar-refractivity contribution in [3.8, 4) is 5.75 Å². The van der Waals surface area contributed by atoms with Crippen LogP contribution in [0.3, 0.4) is 0 Å². The average Bonchev–Trinajstić information content (AvgIpc) is 3.21. The predicted molar refractivity (Wildman–Crippen MR) is 124 cm³/mol. The van der Waals surface area contributed by atoms with Gasteiger partial charge in [0.2, 0.25) is 5.91 Å². The van der Waals surface area contributed by atoms with Crippen molar-refractivity contribution in [2.75, 3.05) is 18.3 Å². The molecule has 0 spiro atoms. The van der Waals surface area contributed by atoms with Crippen LogP contribution in [0.25, 0.3) is 10.2 Å². The van der Waals surface area contributed by atoms with Gasteiger partial charge in [-0.05, 0) is 47.7 Å². The quantitative estimate of drug-likeness (QED) is 0.374. The van der Waals surface area contributed by atoms with Crippen molar-refractivity contribution in [1.82, 2.24) is 9.97 Å². The molecule has 2 heterocycles. The van der Waals surface area contributed by atoms with E-state index in [0.717, 1.165) is 27.1 Å². The van der Waals surface area contributed by atoms with Gasteiger partial charge in [-0.25, -0.2) is 4.98 Å². The Morgan fingerprint density at radius 2 is 1.97 bits per heavy atom. The number of amides is 1. The second-order valence-corrected chi connectivity index (χ2v) is 8.58. The van der Waals surface area contributed by atoms with Crippen molar-refractivity contribution < 1.29 is 9.53 Å². The van der Waals surface area contributed by atoms with E-state index in [-0.39, 0.29) is 5.91 Å². The van der Waals surface area contributed by atoms with Crippen LogP contribution in [0.5, 0.6) is 5.75 Å². The molecule has 0 atom stereocenters. The summed E-state index contributed by atoms with van der Waals surface area (Å²) in [5.41, 5.74) is 2.76. The van der Waals surface area contributed by atoms with Gasteiger partial charge >= 0.3 is 0 Å². The molecule has 0 aliphatic heterocycles. The third kappa shape index (κ3) is 4.63. The van der Waals surface area contributed by atoms with Crippen molar-refractivity contribution in [3.63, 3.8) is 0 Å². The Labute approximate surface area is 183 Å². The van der Waals surface area contributed by atoms with Gasteiger partial charge < -0.3 is 4.74 Å². The Morgan fingerprint density at radius 1 is 1.13 bits per heavy atom. The van der Waals surface area contributed by atoms with E-state index in [1.807, 2.05) is 60.9 Å². The first kappa shape index (κ1) is 20.4. The van der Waals surface area contributed by atoms with Crippen LogP contribution in [0.15, 0.2) is 71.9 Å². The first-order valence-electron chi connectivity index (χ1n) is 9.43. The molecule has 0 aliphatic rings. The zero-order valence-corrected chi connectivity index (χ0v) is 18.4. The Morgan fingerprint density at radius 3 is 2.67 bits per heavy atom. The molecule has 0 saturated heterocycles. The Balaban J connectivity index is 1.65. The lowest BCUT2D eigenvalue weighted by Crippen LogP contribution is -2.31. The van der Waals surface area contributed by atoms with Crippen LogP contribution in [0, 0.1) is 0 Å². The number of thiazole rings is 1. The van der Waals surface area contributed by atoms with Crippen molar-refractivity contribution in [3.05, 3.63) is 78.1 Å². The molecule has 0 bridgehead atoms. The third-order valence-electron chi connectivity index (χ3n) is 4.69. The summed E-state index contributed by atoms with van der Waals surface area (Å²) in [6, 6.07) is 17.7. The summed E-state index contributed by atoms with van der Waals surface area (Å²) < 4.78 is 6.32. The first-order valence-corrected chi connectivity index (χ1v) is 11.5. The van der Waals surface area contributed by atoms with Crippen LogP contribution in [0.1, 0.15) is 11.1 Å². The Kier molecular flexibility index (Phi) is 6.30. The molecule has 30 heavy (non-hydrogen) atoms. The molecule has 4 aromatic rings. The molecule has 0 fully saturated rings. The molecule has 0 saturated carbocycles. The van der Waals surface area contributed by atoms with Gasteiger partial charge in [0, 0.05) is 23.4 Å². The molecule has 0 unspecified atom stereocenters. The smallest absolute Gasteiger partial charge is 0.233 e. The maximum atomic E-state index is 13.3. The van der Waals surface area contributed by atoms with Crippen LogP contribution < -0.4 is 9.64 Å². The summed E-state index contributed by atoms with van der Waals surface area (Å²) in [7, 11) is 1.63. The number of pyridine rings is 1. The van der Waals surface area contributed by atoms with Crippen LogP contribution in [0.4, 0.5) is 5.13 Å². The number of benzene rings is 2. The number of rotatable bonds is 7. The Bertz CT molecular complexity index is 1140. The van der Waals surface area contributed by atoms with Gasteiger partial charge in [-0.3, -0.25) is 14.7 Å². The topological polar surface area (TPSA) is 55.3 Å². The predicted octanol–water partition coefficient (Wildman–Crippen LogP) is 5.20. The molecule has 2 aromatic carbocycles. The fourth-order valence-corrected chi connectivity index (χ4v) is 4.46. The average molecular weight is 436 g/mol. The van der Waals surface area contributed by atoms with Gasteiger partial charge in [-0.1, -0.05) is 29.5 Å². The van der Waals surface area contributed by atoms with Crippen molar-refractivity contribution in [2.45, 2.75) is 17.9 Å². The van der Waals surface area contributed by atoms with E-state index in [4.69, 9.17) is 9.72 Å². The monoisotopic (exact) mass is 435 g/mol. The van der Waals surface area contributed by atoms with E-state index in [0.29, 0.717) is 18.1 Å².